The van der Waals surface area contributed by atoms with Crippen LogP contribution < -0.4 is 16.2 Å². The first-order valence-corrected chi connectivity index (χ1v) is 10.3. The van der Waals surface area contributed by atoms with E-state index >= 15 is 0 Å². The van der Waals surface area contributed by atoms with Gasteiger partial charge < -0.3 is 16.4 Å². The fraction of sp³-hybridized carbons (Fsp3) is 0.867. The second-order valence-corrected chi connectivity index (χ2v) is 8.56. The molecule has 1 amide bonds. The first-order chi connectivity index (χ1) is 11.4. The fourth-order valence-corrected chi connectivity index (χ4v) is 4.74. The molecule has 0 aromatic heterocycles. The van der Waals surface area contributed by atoms with E-state index in [4.69, 9.17) is 11.5 Å². The van der Waals surface area contributed by atoms with Crippen LogP contribution >= 0.6 is 0 Å². The van der Waals surface area contributed by atoms with Crippen LogP contribution in [0.15, 0.2) is 4.99 Å². The highest BCUT2D eigenvalue weighted by Gasteiger charge is 2.29. The van der Waals surface area contributed by atoms with Gasteiger partial charge in [0.15, 0.2) is 0 Å². The average Bonchev–Trinajstić information content (AvgIpc) is 3.23. The van der Waals surface area contributed by atoms with Crippen molar-refractivity contribution in [3.63, 3.8) is 0 Å². The molecule has 0 bridgehead atoms. The van der Waals surface area contributed by atoms with Crippen molar-refractivity contribution in [3.05, 3.63) is 0 Å². The molecule has 2 aliphatic rings. The van der Waals surface area contributed by atoms with Crippen LogP contribution in [0.4, 0.5) is 0 Å². The Morgan fingerprint density at radius 2 is 1.83 bits per heavy atom. The molecule has 24 heavy (non-hydrogen) atoms. The molecule has 1 saturated heterocycles. The molecule has 0 spiro atoms. The standard InChI is InChI=1S/C15H29N5O3S/c16-13(14(21)20-10-3-4-11-20)8-5-9-18-15(17)19-24(22,23)12-6-1-2-7-12/h12-13H,1-11,16H2,(H3,17,18,19)/t13-/m1/s1. The summed E-state index contributed by atoms with van der Waals surface area (Å²) in [7, 11) is -3.43. The van der Waals surface area contributed by atoms with Crippen LogP contribution in [0, 0.1) is 0 Å². The minimum absolute atomic E-state index is 0.00797. The lowest BCUT2D eigenvalue weighted by atomic mass is 10.1. The van der Waals surface area contributed by atoms with E-state index < -0.39 is 16.1 Å². The molecular formula is C15H29N5O3S. The number of rotatable bonds is 7. The van der Waals surface area contributed by atoms with Gasteiger partial charge in [-0.2, -0.15) is 0 Å². The van der Waals surface area contributed by atoms with Crippen molar-refractivity contribution in [3.8, 4) is 0 Å². The first-order valence-electron chi connectivity index (χ1n) is 8.76. The monoisotopic (exact) mass is 359 g/mol. The molecule has 0 aromatic carbocycles. The third-order valence-corrected chi connectivity index (χ3v) is 6.52. The van der Waals surface area contributed by atoms with E-state index in [-0.39, 0.29) is 17.1 Å². The molecule has 138 valence electrons. The highest BCUT2D eigenvalue weighted by Crippen LogP contribution is 2.23. The molecule has 1 saturated carbocycles. The van der Waals surface area contributed by atoms with Crippen LogP contribution in [0.3, 0.4) is 0 Å². The second kappa shape index (κ2) is 8.66. The summed E-state index contributed by atoms with van der Waals surface area (Å²) < 4.78 is 26.5. The van der Waals surface area contributed by atoms with E-state index in [2.05, 4.69) is 9.71 Å². The van der Waals surface area contributed by atoms with Crippen molar-refractivity contribution in [1.29, 1.82) is 0 Å². The number of likely N-dealkylation sites (tertiary alicyclic amines) is 1. The highest BCUT2D eigenvalue weighted by atomic mass is 32.2. The summed E-state index contributed by atoms with van der Waals surface area (Å²) in [5, 5.41) is -0.363. The van der Waals surface area contributed by atoms with E-state index in [0.717, 1.165) is 38.8 Å². The Morgan fingerprint density at radius 3 is 2.46 bits per heavy atom. The molecule has 9 heteroatoms. The Balaban J connectivity index is 1.69. The topological polar surface area (TPSA) is 131 Å². The lowest BCUT2D eigenvalue weighted by Crippen LogP contribution is -2.42. The Hall–Kier alpha value is -1.35. The molecule has 5 N–H and O–H groups in total. The van der Waals surface area contributed by atoms with Gasteiger partial charge in [0.1, 0.15) is 0 Å². The molecule has 1 heterocycles. The zero-order chi connectivity index (χ0) is 17.6. The third kappa shape index (κ3) is 5.34. The molecule has 0 aromatic rings. The van der Waals surface area contributed by atoms with Crippen molar-refractivity contribution < 1.29 is 13.2 Å². The van der Waals surface area contributed by atoms with E-state index in [1.165, 1.54) is 0 Å². The number of carbonyl (C=O) groups excluding carboxylic acids is 1. The number of amides is 1. The van der Waals surface area contributed by atoms with Crippen LogP contribution in [-0.2, 0) is 14.8 Å². The number of guanidine groups is 1. The minimum atomic E-state index is -3.43. The fourth-order valence-electron chi connectivity index (χ4n) is 3.27. The predicted octanol–water partition coefficient (Wildman–Crippen LogP) is -0.107. The second-order valence-electron chi connectivity index (χ2n) is 6.60. The van der Waals surface area contributed by atoms with Gasteiger partial charge in [-0.25, -0.2) is 8.42 Å². The van der Waals surface area contributed by atoms with Gasteiger partial charge in [-0.1, -0.05) is 12.8 Å². The maximum absolute atomic E-state index is 12.1. The van der Waals surface area contributed by atoms with Gasteiger partial charge in [-0.05, 0) is 38.5 Å². The smallest absolute Gasteiger partial charge is 0.239 e. The number of aliphatic imine (C=N–C) groups is 1. The molecule has 0 radical (unpaired) electrons. The average molecular weight is 359 g/mol. The van der Waals surface area contributed by atoms with Crippen LogP contribution in [0.5, 0.6) is 0 Å². The largest absolute Gasteiger partial charge is 0.369 e. The summed E-state index contributed by atoms with van der Waals surface area (Å²) in [6, 6.07) is -0.519. The van der Waals surface area contributed by atoms with Crippen molar-refractivity contribution in [2.24, 2.45) is 16.5 Å². The van der Waals surface area contributed by atoms with Crippen molar-refractivity contribution in [1.82, 2.24) is 9.62 Å². The van der Waals surface area contributed by atoms with E-state index in [0.29, 0.717) is 32.2 Å². The lowest BCUT2D eigenvalue weighted by molar-refractivity contribution is -0.131. The summed E-state index contributed by atoms with van der Waals surface area (Å²) in [4.78, 5) is 17.9. The third-order valence-electron chi connectivity index (χ3n) is 4.68. The van der Waals surface area contributed by atoms with Crippen molar-refractivity contribution in [2.45, 2.75) is 62.7 Å². The lowest BCUT2D eigenvalue weighted by Gasteiger charge is -2.19. The van der Waals surface area contributed by atoms with Gasteiger partial charge in [0.05, 0.1) is 11.3 Å². The highest BCUT2D eigenvalue weighted by molar-refractivity contribution is 7.90. The van der Waals surface area contributed by atoms with E-state index in [1.807, 2.05) is 0 Å². The number of nitrogens with two attached hydrogens (primary N) is 2. The maximum Gasteiger partial charge on any atom is 0.239 e. The molecule has 1 aliphatic heterocycles. The number of nitrogens with one attached hydrogen (secondary N) is 1. The Bertz CT molecular complexity index is 551. The van der Waals surface area contributed by atoms with Gasteiger partial charge in [0.25, 0.3) is 0 Å². The van der Waals surface area contributed by atoms with Crippen molar-refractivity contribution >= 4 is 21.9 Å². The van der Waals surface area contributed by atoms with E-state index in [9.17, 15) is 13.2 Å². The normalized spacial score (nSPS) is 21.2. The molecule has 0 unspecified atom stereocenters. The number of hydrogen-bond acceptors (Lipinski definition) is 5. The van der Waals surface area contributed by atoms with Crippen LogP contribution in [0.25, 0.3) is 0 Å². The zero-order valence-corrected chi connectivity index (χ0v) is 14.9. The van der Waals surface area contributed by atoms with Crippen LogP contribution in [0.2, 0.25) is 0 Å². The number of hydrogen-bond donors (Lipinski definition) is 3. The first kappa shape index (κ1) is 19.0. The molecule has 8 nitrogen and oxygen atoms in total. The molecule has 1 atom stereocenters. The van der Waals surface area contributed by atoms with E-state index in [1.54, 1.807) is 4.90 Å². The van der Waals surface area contributed by atoms with Crippen molar-refractivity contribution in [2.75, 3.05) is 19.6 Å². The van der Waals surface area contributed by atoms with Crippen LogP contribution in [-0.4, -0.2) is 56.1 Å². The number of nitrogens with zero attached hydrogens (tertiary/aromatic N) is 2. The summed E-state index contributed by atoms with van der Waals surface area (Å²) in [5.41, 5.74) is 11.6. The zero-order valence-electron chi connectivity index (χ0n) is 14.1. The Labute approximate surface area is 144 Å². The summed E-state index contributed by atoms with van der Waals surface area (Å²) in [5.74, 6) is -0.0901. The summed E-state index contributed by atoms with van der Waals surface area (Å²) in [6.45, 7) is 1.93. The van der Waals surface area contributed by atoms with Crippen LogP contribution in [0.1, 0.15) is 51.4 Å². The quantitative estimate of drug-likeness (QED) is 0.332. The molecule has 2 rings (SSSR count). The SMILES string of the molecule is NC(=NCCC[C@@H](N)C(=O)N1CCCC1)NS(=O)(=O)C1CCCC1. The summed E-state index contributed by atoms with van der Waals surface area (Å²) >= 11 is 0. The number of sulfonamides is 1. The van der Waals surface area contributed by atoms with Gasteiger partial charge >= 0.3 is 0 Å². The Kier molecular flexibility index (Phi) is 6.85. The Morgan fingerprint density at radius 1 is 1.21 bits per heavy atom. The maximum atomic E-state index is 12.1. The van der Waals surface area contributed by atoms with Gasteiger partial charge in [0.2, 0.25) is 21.9 Å². The molecule has 2 fully saturated rings. The van der Waals surface area contributed by atoms with Gasteiger partial charge in [-0.3, -0.25) is 14.5 Å². The van der Waals surface area contributed by atoms with Gasteiger partial charge in [-0.15, -0.1) is 0 Å². The summed E-state index contributed by atoms with van der Waals surface area (Å²) in [6.07, 6.45) is 6.41. The van der Waals surface area contributed by atoms with Gasteiger partial charge in [0, 0.05) is 19.6 Å². The number of carbonyl (C=O) groups is 1. The molecular weight excluding hydrogens is 330 g/mol. The minimum Gasteiger partial charge on any atom is -0.369 e. The molecule has 1 aliphatic carbocycles. The predicted molar refractivity (Wildman–Crippen MR) is 93.8 cm³/mol.